The third-order valence-corrected chi connectivity index (χ3v) is 11.3. The molecule has 0 fully saturated rings. The number of nitrogens with zero attached hydrogens (tertiary/aromatic N) is 3. The minimum Gasteiger partial charge on any atom is -0.374 e. The molecule has 16 heteroatoms. The monoisotopic (exact) mass is 777 g/mol. The Labute approximate surface area is 321 Å². The molecule has 13 nitrogen and oxygen atoms in total. The molecular formula is C37H44ClN9O4S2. The van der Waals surface area contributed by atoms with E-state index in [9.17, 15) is 19.5 Å². The topological polar surface area (TPSA) is 198 Å². The highest BCUT2D eigenvalue weighted by molar-refractivity contribution is 7.17. The maximum atomic E-state index is 13.2. The van der Waals surface area contributed by atoms with Gasteiger partial charge in [0.2, 0.25) is 11.8 Å². The number of anilines is 3. The minimum absolute atomic E-state index is 0.00902. The fourth-order valence-electron chi connectivity index (χ4n) is 5.81. The number of nitrogens with one attached hydrogen (secondary N) is 5. The molecule has 3 heterocycles. The summed E-state index contributed by atoms with van der Waals surface area (Å²) in [7, 11) is 0. The highest BCUT2D eigenvalue weighted by Crippen LogP contribution is 2.40. The SMILES string of the molecule is CC(=N)N1c2sc(C)c(C)c2C(c2ccc(Cl)cc2)=N[C@@H](CC(=O)NCCNC(=O)CCC(O)Nc2ccccc2C(=O)Nc2nc(C)c(C)s2)C1N. The number of halogens is 1. The van der Waals surface area contributed by atoms with Gasteiger partial charge in [0.15, 0.2) is 5.13 Å². The molecule has 1 aliphatic rings. The maximum Gasteiger partial charge on any atom is 0.259 e. The largest absolute Gasteiger partial charge is 0.374 e. The van der Waals surface area contributed by atoms with Crippen LogP contribution in [0.15, 0.2) is 53.5 Å². The van der Waals surface area contributed by atoms with Gasteiger partial charge in [-0.2, -0.15) is 0 Å². The lowest BCUT2D eigenvalue weighted by Crippen LogP contribution is -2.52. The van der Waals surface area contributed by atoms with Crippen LogP contribution in [-0.4, -0.2) is 70.9 Å². The lowest BCUT2D eigenvalue weighted by molar-refractivity contribution is -0.123. The van der Waals surface area contributed by atoms with Crippen molar-refractivity contribution >= 4 is 79.4 Å². The first-order valence-corrected chi connectivity index (χ1v) is 19.1. The van der Waals surface area contributed by atoms with Crippen LogP contribution in [0.2, 0.25) is 5.02 Å². The number of thiophene rings is 1. The van der Waals surface area contributed by atoms with Crippen LogP contribution in [0.4, 0.5) is 15.8 Å². The smallest absolute Gasteiger partial charge is 0.259 e. The molecule has 0 radical (unpaired) electrons. The standard InChI is InChI=1S/C37H44ClN9O4S2/c1-19-21(3)52-36-32(19)33(24-10-12-25(38)13-11-24)45-28(34(40)47(36)23(5)39)18-31(50)42-17-16-41-29(48)14-15-30(49)44-27-9-7-6-8-26(27)35(51)46-37-43-20(2)22(4)53-37/h6-13,28,30,34,39,44,49H,14-18,40H2,1-5H3,(H,41,48)(H,42,50)(H,43,46,51)/t28-,30?,34?/m0/s1. The van der Waals surface area contributed by atoms with E-state index in [1.165, 1.54) is 11.3 Å². The van der Waals surface area contributed by atoms with Crippen LogP contribution in [0, 0.1) is 33.1 Å². The summed E-state index contributed by atoms with van der Waals surface area (Å²) in [6, 6.07) is 13.4. The van der Waals surface area contributed by atoms with Gasteiger partial charge in [0.05, 0.1) is 35.3 Å². The summed E-state index contributed by atoms with van der Waals surface area (Å²) in [6.07, 6.45) is -1.81. The Hall–Kier alpha value is -4.67. The van der Waals surface area contributed by atoms with Crippen LogP contribution in [-0.2, 0) is 9.59 Å². The number of fused-ring (bicyclic) bond motifs is 1. The van der Waals surface area contributed by atoms with Crippen molar-refractivity contribution in [3.05, 3.63) is 91.3 Å². The first kappa shape index (κ1) is 39.5. The number of thiazole rings is 1. The fourth-order valence-corrected chi connectivity index (χ4v) is 8.00. The number of hydrogen-bond donors (Lipinski definition) is 7. The molecule has 1 aliphatic heterocycles. The molecule has 2 aromatic heterocycles. The summed E-state index contributed by atoms with van der Waals surface area (Å²) in [5.41, 5.74) is 11.8. The molecule has 4 aromatic rings. The summed E-state index contributed by atoms with van der Waals surface area (Å²) in [4.78, 5) is 51.9. The average Bonchev–Trinajstić information content (AvgIpc) is 3.54. The van der Waals surface area contributed by atoms with E-state index in [0.29, 0.717) is 27.1 Å². The number of aromatic nitrogens is 1. The fraction of sp³-hybridized carbons (Fsp3) is 0.351. The molecule has 8 N–H and O–H groups in total. The van der Waals surface area contributed by atoms with Gasteiger partial charge in [-0.15, -0.1) is 22.7 Å². The molecule has 53 heavy (non-hydrogen) atoms. The van der Waals surface area contributed by atoms with Crippen molar-refractivity contribution in [1.29, 1.82) is 5.41 Å². The zero-order valence-electron chi connectivity index (χ0n) is 30.2. The number of aryl methyl sites for hydroxylation is 3. The molecule has 0 spiro atoms. The number of amidine groups is 1. The molecule has 5 rings (SSSR count). The minimum atomic E-state index is -1.09. The predicted molar refractivity (Wildman–Crippen MR) is 214 cm³/mol. The number of carbonyl (C=O) groups excluding carboxylic acids is 3. The van der Waals surface area contributed by atoms with E-state index in [1.807, 2.05) is 39.8 Å². The van der Waals surface area contributed by atoms with Crippen molar-refractivity contribution in [2.45, 2.75) is 72.3 Å². The molecule has 0 saturated carbocycles. The summed E-state index contributed by atoms with van der Waals surface area (Å²) < 4.78 is 0. The molecule has 0 aliphatic carbocycles. The van der Waals surface area contributed by atoms with Gasteiger partial charge in [-0.05, 0) is 64.4 Å². The molecule has 3 atom stereocenters. The van der Waals surface area contributed by atoms with Gasteiger partial charge in [0, 0.05) is 57.5 Å². The van der Waals surface area contributed by atoms with Crippen molar-refractivity contribution in [2.24, 2.45) is 10.7 Å². The third kappa shape index (κ3) is 9.66. The summed E-state index contributed by atoms with van der Waals surface area (Å²) in [6.45, 7) is 9.85. The normalized spacial score (nSPS) is 15.8. The maximum absolute atomic E-state index is 13.2. The van der Waals surface area contributed by atoms with Gasteiger partial charge < -0.3 is 31.7 Å². The van der Waals surface area contributed by atoms with E-state index in [0.717, 1.165) is 37.1 Å². The zero-order valence-corrected chi connectivity index (χ0v) is 32.6. The molecule has 3 amide bonds. The van der Waals surface area contributed by atoms with Crippen LogP contribution in [0.3, 0.4) is 0 Å². The van der Waals surface area contributed by atoms with Gasteiger partial charge in [0.25, 0.3) is 5.91 Å². The van der Waals surface area contributed by atoms with Gasteiger partial charge in [-0.1, -0.05) is 35.9 Å². The number of carbonyl (C=O) groups is 3. The number of aliphatic hydroxyl groups is 1. The zero-order chi connectivity index (χ0) is 38.4. The average molecular weight is 778 g/mol. The summed E-state index contributed by atoms with van der Waals surface area (Å²) in [5, 5.41) is 32.4. The predicted octanol–water partition coefficient (Wildman–Crippen LogP) is 5.49. The number of aliphatic hydroxyl groups excluding tert-OH is 1. The van der Waals surface area contributed by atoms with E-state index >= 15 is 0 Å². The Morgan fingerprint density at radius 2 is 1.68 bits per heavy atom. The first-order chi connectivity index (χ1) is 25.2. The van der Waals surface area contributed by atoms with Crippen LogP contribution in [0.25, 0.3) is 0 Å². The van der Waals surface area contributed by atoms with Crippen molar-refractivity contribution < 1.29 is 19.5 Å². The number of nitrogens with two attached hydrogens (primary N) is 1. The molecule has 2 aromatic carbocycles. The van der Waals surface area contributed by atoms with Gasteiger partial charge >= 0.3 is 0 Å². The van der Waals surface area contributed by atoms with Gasteiger partial charge in [-0.25, -0.2) is 4.98 Å². The second-order valence-electron chi connectivity index (χ2n) is 12.7. The second-order valence-corrected chi connectivity index (χ2v) is 15.6. The number of para-hydroxylation sites is 1. The molecular weight excluding hydrogens is 734 g/mol. The number of hydrogen-bond acceptors (Lipinski definition) is 11. The molecule has 2 unspecified atom stereocenters. The highest BCUT2D eigenvalue weighted by Gasteiger charge is 2.36. The Morgan fingerprint density at radius 3 is 2.34 bits per heavy atom. The Morgan fingerprint density at radius 1 is 1.00 bits per heavy atom. The second kappa shape index (κ2) is 17.4. The quantitative estimate of drug-likeness (QED) is 0.0401. The first-order valence-electron chi connectivity index (χ1n) is 17.1. The number of rotatable bonds is 13. The highest BCUT2D eigenvalue weighted by atomic mass is 35.5. The van der Waals surface area contributed by atoms with Crippen LogP contribution >= 0.6 is 34.3 Å². The lowest BCUT2D eigenvalue weighted by Gasteiger charge is -2.31. The van der Waals surface area contributed by atoms with E-state index in [-0.39, 0.29) is 55.9 Å². The Bertz CT molecular complexity index is 2010. The number of benzene rings is 2. The number of aliphatic imine (C=N–C) groups is 1. The van der Waals surface area contributed by atoms with E-state index in [2.05, 4.69) is 26.3 Å². The van der Waals surface area contributed by atoms with Crippen molar-refractivity contribution in [3.8, 4) is 0 Å². The number of amides is 3. The Kier molecular flexibility index (Phi) is 13.0. The van der Waals surface area contributed by atoms with E-state index in [4.69, 9.17) is 27.7 Å². The van der Waals surface area contributed by atoms with E-state index in [1.54, 1.807) is 59.6 Å². The molecule has 0 bridgehead atoms. The van der Waals surface area contributed by atoms with Crippen LogP contribution in [0.1, 0.15) is 68.7 Å². The van der Waals surface area contributed by atoms with Crippen molar-refractivity contribution in [3.63, 3.8) is 0 Å². The lowest BCUT2D eigenvalue weighted by atomic mass is 9.99. The van der Waals surface area contributed by atoms with Crippen molar-refractivity contribution in [2.75, 3.05) is 28.6 Å². The molecule has 280 valence electrons. The third-order valence-electron chi connectivity index (χ3n) is 8.84. The molecule has 0 saturated heterocycles. The van der Waals surface area contributed by atoms with E-state index < -0.39 is 18.4 Å². The van der Waals surface area contributed by atoms with Crippen LogP contribution < -0.4 is 31.9 Å². The van der Waals surface area contributed by atoms with Crippen molar-refractivity contribution in [1.82, 2.24) is 15.6 Å². The van der Waals surface area contributed by atoms with Crippen LogP contribution in [0.5, 0.6) is 0 Å². The Balaban J connectivity index is 1.13. The summed E-state index contributed by atoms with van der Waals surface area (Å²) >= 11 is 9.11. The van der Waals surface area contributed by atoms with Gasteiger partial charge in [0.1, 0.15) is 17.4 Å². The summed E-state index contributed by atoms with van der Waals surface area (Å²) in [5.74, 6) is -0.736. The van der Waals surface area contributed by atoms with Gasteiger partial charge in [-0.3, -0.25) is 30.1 Å².